The zero-order chi connectivity index (χ0) is 14.7. The fourth-order valence-corrected chi connectivity index (χ4v) is 3.44. The van der Waals surface area contributed by atoms with E-state index in [0.717, 1.165) is 27.4 Å². The molecular weight excluding hydrogens is 296 g/mol. The first-order chi connectivity index (χ1) is 9.52. The van der Waals surface area contributed by atoms with Gasteiger partial charge in [-0.15, -0.1) is 11.3 Å². The van der Waals surface area contributed by atoms with E-state index in [-0.39, 0.29) is 11.7 Å². The first-order valence-corrected chi connectivity index (χ1v) is 7.42. The number of rotatable bonds is 5. The van der Waals surface area contributed by atoms with Crippen molar-refractivity contribution in [3.63, 3.8) is 0 Å². The zero-order valence-corrected chi connectivity index (χ0v) is 12.8. The molecule has 1 unspecified atom stereocenters. The van der Waals surface area contributed by atoms with Crippen molar-refractivity contribution >= 4 is 28.6 Å². The highest BCUT2D eigenvalue weighted by Crippen LogP contribution is 2.34. The van der Waals surface area contributed by atoms with E-state index in [1.54, 1.807) is 23.5 Å². The van der Waals surface area contributed by atoms with E-state index in [0.29, 0.717) is 0 Å². The summed E-state index contributed by atoms with van der Waals surface area (Å²) in [6.07, 6.45) is 0.744. The third-order valence-corrected chi connectivity index (χ3v) is 5.00. The average molecular weight is 311 g/mol. The van der Waals surface area contributed by atoms with E-state index in [2.05, 4.69) is 5.32 Å². The van der Waals surface area contributed by atoms with Crippen LogP contribution in [0.5, 0.6) is 0 Å². The minimum Gasteiger partial charge on any atom is -0.312 e. The predicted octanol–water partition coefficient (Wildman–Crippen LogP) is 4.12. The summed E-state index contributed by atoms with van der Waals surface area (Å²) in [6.45, 7) is 1.99. The molecule has 0 radical (unpaired) electrons. The van der Waals surface area contributed by atoms with Crippen molar-refractivity contribution in [2.75, 3.05) is 7.05 Å². The first kappa shape index (κ1) is 15.0. The molecule has 0 amide bonds. The lowest BCUT2D eigenvalue weighted by molar-refractivity contribution is -0.384. The molecule has 1 atom stereocenters. The molecule has 106 valence electrons. The number of benzene rings is 1. The Hall–Kier alpha value is -1.43. The van der Waals surface area contributed by atoms with Gasteiger partial charge in [-0.1, -0.05) is 23.7 Å². The topological polar surface area (TPSA) is 55.2 Å². The smallest absolute Gasteiger partial charge is 0.269 e. The summed E-state index contributed by atoms with van der Waals surface area (Å²) in [4.78, 5) is 11.3. The maximum absolute atomic E-state index is 10.6. The number of nitrogens with one attached hydrogen (secondary N) is 1. The fraction of sp³-hybridized carbons (Fsp3) is 0.286. The van der Waals surface area contributed by atoms with Crippen LogP contribution in [0.3, 0.4) is 0 Å². The van der Waals surface area contributed by atoms with Crippen LogP contribution in [0.1, 0.15) is 22.0 Å². The number of halogens is 1. The molecule has 1 aromatic carbocycles. The van der Waals surface area contributed by atoms with Crippen molar-refractivity contribution < 1.29 is 4.92 Å². The van der Waals surface area contributed by atoms with E-state index in [1.165, 1.54) is 12.1 Å². The summed E-state index contributed by atoms with van der Waals surface area (Å²) in [6, 6.07) is 6.75. The predicted molar refractivity (Wildman–Crippen MR) is 82.7 cm³/mol. The number of hydrogen-bond donors (Lipinski definition) is 1. The molecule has 6 heteroatoms. The highest BCUT2D eigenvalue weighted by molar-refractivity contribution is 7.10. The Labute approximate surface area is 126 Å². The molecule has 0 aliphatic heterocycles. The van der Waals surface area contributed by atoms with Gasteiger partial charge in [0.05, 0.1) is 9.95 Å². The molecule has 0 bridgehead atoms. The molecule has 4 nitrogen and oxygen atoms in total. The lowest BCUT2D eigenvalue weighted by Gasteiger charge is -2.15. The number of non-ortho nitro benzene ring substituents is 1. The van der Waals surface area contributed by atoms with Gasteiger partial charge in [-0.2, -0.15) is 0 Å². The van der Waals surface area contributed by atoms with Crippen LogP contribution in [0.15, 0.2) is 29.6 Å². The van der Waals surface area contributed by atoms with Gasteiger partial charge in [0.2, 0.25) is 0 Å². The number of nitro groups is 1. The quantitative estimate of drug-likeness (QED) is 0.667. The summed E-state index contributed by atoms with van der Waals surface area (Å²) in [5, 5.41) is 16.7. The van der Waals surface area contributed by atoms with E-state index in [9.17, 15) is 10.1 Å². The van der Waals surface area contributed by atoms with Crippen LogP contribution < -0.4 is 5.32 Å². The van der Waals surface area contributed by atoms with Crippen molar-refractivity contribution in [2.45, 2.75) is 19.4 Å². The van der Waals surface area contributed by atoms with Gasteiger partial charge in [0.15, 0.2) is 0 Å². The van der Waals surface area contributed by atoms with E-state index < -0.39 is 4.92 Å². The molecule has 0 fully saturated rings. The lowest BCUT2D eigenvalue weighted by Crippen LogP contribution is -2.18. The van der Waals surface area contributed by atoms with Crippen molar-refractivity contribution in [3.8, 4) is 0 Å². The third-order valence-electron chi connectivity index (χ3n) is 3.18. The highest BCUT2D eigenvalue weighted by Gasteiger charge is 2.17. The van der Waals surface area contributed by atoms with Crippen LogP contribution >= 0.6 is 22.9 Å². The number of thiophene rings is 1. The molecule has 1 aromatic heterocycles. The average Bonchev–Trinajstić information content (AvgIpc) is 2.77. The van der Waals surface area contributed by atoms with E-state index >= 15 is 0 Å². The standard InChI is InChI=1S/C14H15ClN2O2S/c1-9-8-20-14(13(9)15)12(16-2)7-10-3-5-11(6-4-10)17(18)19/h3-6,8,12,16H,7H2,1-2H3. The maximum Gasteiger partial charge on any atom is 0.269 e. The third kappa shape index (κ3) is 3.17. The minimum atomic E-state index is -0.390. The van der Waals surface area contributed by atoms with Gasteiger partial charge in [0.1, 0.15) is 0 Å². The van der Waals surface area contributed by atoms with Gasteiger partial charge in [-0.25, -0.2) is 0 Å². The molecule has 1 heterocycles. The van der Waals surface area contributed by atoms with Crippen LogP contribution in [-0.4, -0.2) is 12.0 Å². The lowest BCUT2D eigenvalue weighted by atomic mass is 10.0. The van der Waals surface area contributed by atoms with Crippen LogP contribution in [0.2, 0.25) is 5.02 Å². The number of likely N-dealkylation sites (N-methyl/N-ethyl adjacent to an activating group) is 1. The van der Waals surface area contributed by atoms with Crippen LogP contribution in [0.4, 0.5) is 5.69 Å². The van der Waals surface area contributed by atoms with Crippen molar-refractivity contribution in [1.82, 2.24) is 5.32 Å². The van der Waals surface area contributed by atoms with Gasteiger partial charge in [0.25, 0.3) is 5.69 Å². The Bertz CT molecular complexity index is 610. The van der Waals surface area contributed by atoms with Gasteiger partial charge < -0.3 is 5.32 Å². The summed E-state index contributed by atoms with van der Waals surface area (Å²) >= 11 is 7.93. The van der Waals surface area contributed by atoms with E-state index in [1.807, 2.05) is 19.4 Å². The molecule has 2 rings (SSSR count). The largest absolute Gasteiger partial charge is 0.312 e. The van der Waals surface area contributed by atoms with Crippen LogP contribution in [-0.2, 0) is 6.42 Å². The fourth-order valence-electron chi connectivity index (χ4n) is 2.00. The number of aryl methyl sites for hydroxylation is 1. The molecule has 0 aliphatic rings. The summed E-state index contributed by atoms with van der Waals surface area (Å²) < 4.78 is 0. The second kappa shape index (κ2) is 6.35. The van der Waals surface area contributed by atoms with Gasteiger partial charge in [-0.05, 0) is 36.9 Å². The Balaban J connectivity index is 2.18. The highest BCUT2D eigenvalue weighted by atomic mass is 35.5. The zero-order valence-electron chi connectivity index (χ0n) is 11.2. The summed E-state index contributed by atoms with van der Waals surface area (Å²) in [5.74, 6) is 0. The normalized spacial score (nSPS) is 12.3. The number of hydrogen-bond acceptors (Lipinski definition) is 4. The van der Waals surface area contributed by atoms with E-state index in [4.69, 9.17) is 11.6 Å². The Morgan fingerprint density at radius 1 is 1.40 bits per heavy atom. The molecule has 1 N–H and O–H groups in total. The molecule has 0 aliphatic carbocycles. The molecule has 0 spiro atoms. The minimum absolute atomic E-state index is 0.111. The number of nitrogens with zero attached hydrogens (tertiary/aromatic N) is 1. The van der Waals surface area contributed by atoms with Crippen LogP contribution in [0.25, 0.3) is 0 Å². The van der Waals surface area contributed by atoms with Crippen molar-refractivity contribution in [3.05, 3.63) is 60.8 Å². The molecule has 0 saturated carbocycles. The summed E-state index contributed by atoms with van der Waals surface area (Å²) in [5.41, 5.74) is 2.23. The molecule has 2 aromatic rings. The second-order valence-electron chi connectivity index (χ2n) is 4.57. The van der Waals surface area contributed by atoms with Crippen molar-refractivity contribution in [2.24, 2.45) is 0 Å². The molecule has 0 saturated heterocycles. The molecular formula is C14H15ClN2O2S. The Morgan fingerprint density at radius 2 is 2.05 bits per heavy atom. The monoisotopic (exact) mass is 310 g/mol. The Kier molecular flexibility index (Phi) is 4.75. The first-order valence-electron chi connectivity index (χ1n) is 6.17. The van der Waals surface area contributed by atoms with Gasteiger partial charge >= 0.3 is 0 Å². The van der Waals surface area contributed by atoms with Gasteiger partial charge in [-0.3, -0.25) is 10.1 Å². The maximum atomic E-state index is 10.6. The summed E-state index contributed by atoms with van der Waals surface area (Å²) in [7, 11) is 1.89. The molecule has 20 heavy (non-hydrogen) atoms. The van der Waals surface area contributed by atoms with Gasteiger partial charge in [0, 0.05) is 23.1 Å². The number of nitro benzene ring substituents is 1. The Morgan fingerprint density at radius 3 is 2.50 bits per heavy atom. The van der Waals surface area contributed by atoms with Crippen LogP contribution in [0, 0.1) is 17.0 Å². The van der Waals surface area contributed by atoms with Crippen molar-refractivity contribution in [1.29, 1.82) is 0 Å². The SMILES string of the molecule is CNC(Cc1ccc([N+](=O)[O-])cc1)c1scc(C)c1Cl. The second-order valence-corrected chi connectivity index (χ2v) is 5.86.